The normalized spacial score (nSPS) is 19.7. The van der Waals surface area contributed by atoms with Crippen LogP contribution in [0.2, 0.25) is 0 Å². The molecule has 1 amide bonds. The van der Waals surface area contributed by atoms with Gasteiger partial charge in [0.15, 0.2) is 0 Å². The van der Waals surface area contributed by atoms with Crippen molar-refractivity contribution in [2.45, 2.75) is 70.9 Å². The molecule has 7 heteroatoms. The molecule has 0 radical (unpaired) electrons. The number of halogens is 1. The lowest BCUT2D eigenvalue weighted by Crippen LogP contribution is -2.39. The summed E-state index contributed by atoms with van der Waals surface area (Å²) in [6, 6.07) is 10.8. The summed E-state index contributed by atoms with van der Waals surface area (Å²) >= 11 is 0. The summed E-state index contributed by atoms with van der Waals surface area (Å²) in [7, 11) is 0. The molecule has 0 bridgehead atoms. The fourth-order valence-corrected chi connectivity index (χ4v) is 5.05. The number of fused-ring (bicyclic) bond motifs is 1. The van der Waals surface area contributed by atoms with Crippen molar-refractivity contribution < 1.29 is 28.6 Å². The monoisotopic (exact) mass is 481 g/mol. The summed E-state index contributed by atoms with van der Waals surface area (Å²) in [5, 5.41) is 8.94. The van der Waals surface area contributed by atoms with Crippen molar-refractivity contribution in [2.75, 3.05) is 6.54 Å². The number of carboxylic acids is 1. The number of hydrogen-bond acceptors (Lipinski definition) is 4. The molecule has 0 saturated heterocycles. The lowest BCUT2D eigenvalue weighted by Gasteiger charge is -2.32. The molecule has 4 rings (SSSR count). The van der Waals surface area contributed by atoms with E-state index in [1.165, 1.54) is 6.07 Å². The highest BCUT2D eigenvalue weighted by Crippen LogP contribution is 2.29. The third-order valence-corrected chi connectivity index (χ3v) is 7.10. The number of carbonyl (C=O) groups is 3. The number of carboxylic acid groups (broad SMARTS) is 1. The van der Waals surface area contributed by atoms with Gasteiger partial charge in [-0.3, -0.25) is 9.59 Å². The van der Waals surface area contributed by atoms with Gasteiger partial charge in [-0.05, 0) is 78.8 Å². The van der Waals surface area contributed by atoms with Crippen LogP contribution in [-0.2, 0) is 40.1 Å². The molecule has 2 aromatic carbocycles. The molecule has 0 aromatic heterocycles. The van der Waals surface area contributed by atoms with Crippen LogP contribution in [0.5, 0.6) is 0 Å². The largest absolute Gasteiger partial charge is 0.481 e. The Bertz CT molecular complexity index is 1110. The average Bonchev–Trinajstić information content (AvgIpc) is 2.82. The minimum Gasteiger partial charge on any atom is -0.481 e. The first kappa shape index (κ1) is 24.9. The van der Waals surface area contributed by atoms with Crippen molar-refractivity contribution in [3.05, 3.63) is 70.0 Å². The first-order chi connectivity index (χ1) is 16.8. The summed E-state index contributed by atoms with van der Waals surface area (Å²) in [6.07, 6.45) is 3.86. The SMILES string of the molecule is Cc1ccc(CC(=O)Cc2ccc3c(c2)CCN(C(=O)OC2CCC(CC(=O)O)CC2)C3)cc1F. The Morgan fingerprint density at radius 1 is 1.00 bits per heavy atom. The van der Waals surface area contributed by atoms with Crippen LogP contribution < -0.4 is 0 Å². The van der Waals surface area contributed by atoms with Crippen LogP contribution in [0.1, 0.15) is 59.9 Å². The summed E-state index contributed by atoms with van der Waals surface area (Å²) in [6.45, 7) is 2.73. The molecular formula is C28H32FNO5. The molecule has 1 aliphatic heterocycles. The lowest BCUT2D eigenvalue weighted by molar-refractivity contribution is -0.138. The molecule has 0 unspecified atom stereocenters. The van der Waals surface area contributed by atoms with Crippen molar-refractivity contribution in [1.29, 1.82) is 0 Å². The maximum atomic E-state index is 13.8. The van der Waals surface area contributed by atoms with E-state index in [2.05, 4.69) is 0 Å². The van der Waals surface area contributed by atoms with E-state index in [4.69, 9.17) is 9.84 Å². The molecule has 1 aliphatic carbocycles. The molecule has 1 N–H and O–H groups in total. The molecule has 1 heterocycles. The molecule has 2 aliphatic rings. The number of hydrogen-bond donors (Lipinski definition) is 1. The molecule has 6 nitrogen and oxygen atoms in total. The number of benzene rings is 2. The number of aliphatic carboxylic acids is 1. The first-order valence-electron chi connectivity index (χ1n) is 12.3. The first-order valence-corrected chi connectivity index (χ1v) is 12.3. The van der Waals surface area contributed by atoms with Crippen LogP contribution in [-0.4, -0.2) is 40.5 Å². The predicted molar refractivity (Wildman–Crippen MR) is 129 cm³/mol. The average molecular weight is 482 g/mol. The number of ketones is 1. The summed E-state index contributed by atoms with van der Waals surface area (Å²) < 4.78 is 19.5. The number of rotatable bonds is 7. The zero-order valence-corrected chi connectivity index (χ0v) is 20.1. The van der Waals surface area contributed by atoms with E-state index in [9.17, 15) is 18.8 Å². The number of amides is 1. The minimum atomic E-state index is -0.772. The van der Waals surface area contributed by atoms with Crippen molar-refractivity contribution in [1.82, 2.24) is 4.90 Å². The van der Waals surface area contributed by atoms with Crippen LogP contribution in [0.15, 0.2) is 36.4 Å². The van der Waals surface area contributed by atoms with Crippen LogP contribution in [0.4, 0.5) is 9.18 Å². The molecule has 186 valence electrons. The van der Waals surface area contributed by atoms with Gasteiger partial charge in [-0.25, -0.2) is 9.18 Å². The highest BCUT2D eigenvalue weighted by Gasteiger charge is 2.28. The second-order valence-electron chi connectivity index (χ2n) is 9.87. The van der Waals surface area contributed by atoms with Gasteiger partial charge >= 0.3 is 12.1 Å². The predicted octanol–water partition coefficient (Wildman–Crippen LogP) is 5.02. The van der Waals surface area contributed by atoms with E-state index in [-0.39, 0.29) is 42.6 Å². The third-order valence-electron chi connectivity index (χ3n) is 7.10. The second kappa shape index (κ2) is 11.0. The minimum absolute atomic E-state index is 0.0345. The molecular weight excluding hydrogens is 449 g/mol. The maximum absolute atomic E-state index is 13.8. The van der Waals surface area contributed by atoms with Gasteiger partial charge in [-0.1, -0.05) is 30.3 Å². The number of Topliss-reactive ketones (excluding diaryl/α,β-unsaturated/α-hetero) is 1. The van der Waals surface area contributed by atoms with Crippen LogP contribution in [0.25, 0.3) is 0 Å². The maximum Gasteiger partial charge on any atom is 0.410 e. The van der Waals surface area contributed by atoms with Gasteiger partial charge in [-0.2, -0.15) is 0 Å². The fraction of sp³-hybridized carbons (Fsp3) is 0.464. The number of nitrogens with zero attached hydrogens (tertiary/aromatic N) is 1. The highest BCUT2D eigenvalue weighted by atomic mass is 19.1. The van der Waals surface area contributed by atoms with Crippen molar-refractivity contribution >= 4 is 17.8 Å². The number of carbonyl (C=O) groups excluding carboxylic acids is 2. The third kappa shape index (κ3) is 6.68. The number of ether oxygens (including phenoxy) is 1. The van der Waals surface area contributed by atoms with E-state index in [0.29, 0.717) is 49.9 Å². The van der Waals surface area contributed by atoms with Crippen LogP contribution in [0.3, 0.4) is 0 Å². The quantitative estimate of drug-likeness (QED) is 0.601. The Hall–Kier alpha value is -3.22. The summed E-state index contributed by atoms with van der Waals surface area (Å²) in [4.78, 5) is 37.8. The van der Waals surface area contributed by atoms with Crippen LogP contribution in [0, 0.1) is 18.7 Å². The Labute approximate surface area is 205 Å². The van der Waals surface area contributed by atoms with E-state index in [1.54, 1.807) is 24.0 Å². The lowest BCUT2D eigenvalue weighted by atomic mass is 9.85. The fourth-order valence-electron chi connectivity index (χ4n) is 5.05. The summed E-state index contributed by atoms with van der Waals surface area (Å²) in [5.74, 6) is -0.861. The van der Waals surface area contributed by atoms with E-state index in [0.717, 1.165) is 29.5 Å². The Balaban J connectivity index is 1.27. The van der Waals surface area contributed by atoms with Gasteiger partial charge in [0.25, 0.3) is 0 Å². The molecule has 35 heavy (non-hydrogen) atoms. The van der Waals surface area contributed by atoms with Crippen LogP contribution >= 0.6 is 0 Å². The standard InChI is InChI=1S/C28H32FNO5/c1-18-2-3-21(15-26(18)29)14-24(31)13-20-4-7-23-17-30(11-10-22(23)12-20)28(34)35-25-8-5-19(6-9-25)16-27(32)33/h2-4,7,12,15,19,25H,5-6,8-11,13-14,16-17H2,1H3,(H,32,33). The topological polar surface area (TPSA) is 83.9 Å². The Morgan fingerprint density at radius 3 is 2.37 bits per heavy atom. The molecule has 2 aromatic rings. The van der Waals surface area contributed by atoms with Gasteiger partial charge in [0.1, 0.15) is 17.7 Å². The second-order valence-corrected chi connectivity index (χ2v) is 9.87. The molecule has 0 atom stereocenters. The molecule has 0 spiro atoms. The summed E-state index contributed by atoms with van der Waals surface area (Å²) in [5.41, 5.74) is 4.36. The van der Waals surface area contributed by atoms with E-state index < -0.39 is 5.97 Å². The van der Waals surface area contributed by atoms with Gasteiger partial charge in [0.05, 0.1) is 0 Å². The van der Waals surface area contributed by atoms with Gasteiger partial charge in [0.2, 0.25) is 0 Å². The zero-order valence-electron chi connectivity index (χ0n) is 20.1. The van der Waals surface area contributed by atoms with Gasteiger partial charge in [-0.15, -0.1) is 0 Å². The Kier molecular flexibility index (Phi) is 7.83. The molecule has 1 fully saturated rings. The smallest absolute Gasteiger partial charge is 0.410 e. The van der Waals surface area contributed by atoms with E-state index in [1.807, 2.05) is 18.2 Å². The number of aryl methyl sites for hydroxylation is 1. The van der Waals surface area contributed by atoms with Crippen molar-refractivity contribution in [3.8, 4) is 0 Å². The van der Waals surface area contributed by atoms with Gasteiger partial charge < -0.3 is 14.7 Å². The molecule has 1 saturated carbocycles. The van der Waals surface area contributed by atoms with Crippen molar-refractivity contribution in [3.63, 3.8) is 0 Å². The van der Waals surface area contributed by atoms with Gasteiger partial charge in [0, 0.05) is 32.4 Å². The Morgan fingerprint density at radius 2 is 1.69 bits per heavy atom. The van der Waals surface area contributed by atoms with E-state index >= 15 is 0 Å². The highest BCUT2D eigenvalue weighted by molar-refractivity contribution is 5.83. The zero-order chi connectivity index (χ0) is 24.9. The van der Waals surface area contributed by atoms with Crippen molar-refractivity contribution in [2.24, 2.45) is 5.92 Å².